The van der Waals surface area contributed by atoms with Gasteiger partial charge in [-0.1, -0.05) is 37.3 Å². The van der Waals surface area contributed by atoms with Crippen LogP contribution in [-0.2, 0) is 11.2 Å². The highest BCUT2D eigenvalue weighted by molar-refractivity contribution is 5.87. The zero-order chi connectivity index (χ0) is 21.2. The van der Waals surface area contributed by atoms with E-state index in [0.717, 1.165) is 31.4 Å². The fourth-order valence-corrected chi connectivity index (χ4v) is 7.01. The Kier molecular flexibility index (Phi) is 4.25. The van der Waals surface area contributed by atoms with E-state index in [1.54, 1.807) is 5.56 Å². The van der Waals surface area contributed by atoms with Crippen molar-refractivity contribution >= 4 is 5.78 Å². The van der Waals surface area contributed by atoms with Crippen LogP contribution >= 0.6 is 0 Å². The van der Waals surface area contributed by atoms with Crippen LogP contribution in [0.25, 0.3) is 16.8 Å². The van der Waals surface area contributed by atoms with E-state index < -0.39 is 0 Å². The summed E-state index contributed by atoms with van der Waals surface area (Å²) in [5.74, 6) is 2.44. The maximum atomic E-state index is 12.6. The average molecular weight is 411 g/mol. The molecule has 6 rings (SSSR count). The van der Waals surface area contributed by atoms with E-state index >= 15 is 0 Å². The number of Topliss-reactive ketones (excluding diaryl/α,β-unsaturated/α-hetero) is 1. The van der Waals surface area contributed by atoms with Crippen molar-refractivity contribution in [3.8, 4) is 16.8 Å². The average Bonchev–Trinajstić information content (AvgIpc) is 3.42. The number of hydrogen-bond donors (Lipinski definition) is 0. The Hall–Kier alpha value is -2.68. The van der Waals surface area contributed by atoms with E-state index in [1.165, 1.54) is 35.1 Å². The van der Waals surface area contributed by atoms with Gasteiger partial charge in [0.25, 0.3) is 0 Å². The first-order chi connectivity index (χ1) is 15.0. The Balaban J connectivity index is 1.38. The van der Waals surface area contributed by atoms with E-state index in [0.29, 0.717) is 23.5 Å². The molecular weight excluding hydrogens is 380 g/mol. The largest absolute Gasteiger partial charge is 0.299 e. The number of carbonyl (C=O) groups is 1. The number of carbonyl (C=O) groups excluding carboxylic acids is 1. The van der Waals surface area contributed by atoms with Gasteiger partial charge in [-0.3, -0.25) is 4.79 Å². The van der Waals surface area contributed by atoms with Crippen LogP contribution in [0.2, 0.25) is 0 Å². The smallest absolute Gasteiger partial charge is 0.139 e. The lowest BCUT2D eigenvalue weighted by atomic mass is 9.55. The fraction of sp³-hybridized carbons (Fsp3) is 0.429. The highest BCUT2D eigenvalue weighted by atomic mass is 16.1. The van der Waals surface area contributed by atoms with Gasteiger partial charge < -0.3 is 0 Å². The number of nitrogens with zero attached hydrogens (tertiary/aromatic N) is 2. The Morgan fingerprint density at radius 2 is 1.97 bits per heavy atom. The molecular formula is C28H30N2O. The van der Waals surface area contributed by atoms with Gasteiger partial charge in [0.15, 0.2) is 0 Å². The number of ketones is 1. The summed E-state index contributed by atoms with van der Waals surface area (Å²) in [5.41, 5.74) is 7.91. The Morgan fingerprint density at radius 1 is 1.06 bits per heavy atom. The summed E-state index contributed by atoms with van der Waals surface area (Å²) in [4.78, 5) is 12.6. The molecule has 0 spiro atoms. The maximum Gasteiger partial charge on any atom is 0.139 e. The molecule has 4 atom stereocenters. The van der Waals surface area contributed by atoms with Crippen molar-refractivity contribution in [3.05, 3.63) is 71.5 Å². The third-order valence-corrected chi connectivity index (χ3v) is 8.65. The standard InChI is InChI=1S/C28H30N2O/c1-18-4-7-22(26(16-18)30-15-3-14-29-30)20-5-8-21-19(17-20)6-9-24-23(21)12-13-28(2)25(24)10-11-27(28)31/h3-5,7-8,14-17,23-25H,6,9-13H2,1-2H3/t23-,24-,25+,28+/m1/s1. The van der Waals surface area contributed by atoms with E-state index in [4.69, 9.17) is 0 Å². The quantitative estimate of drug-likeness (QED) is 0.499. The van der Waals surface area contributed by atoms with Crippen LogP contribution in [0.3, 0.4) is 0 Å². The summed E-state index contributed by atoms with van der Waals surface area (Å²) in [6, 6.07) is 15.8. The minimum absolute atomic E-state index is 0.0425. The van der Waals surface area contributed by atoms with E-state index in [2.05, 4.69) is 55.3 Å². The topological polar surface area (TPSA) is 34.9 Å². The minimum atomic E-state index is -0.0425. The molecule has 3 nitrogen and oxygen atoms in total. The van der Waals surface area contributed by atoms with Gasteiger partial charge in [0.1, 0.15) is 5.78 Å². The molecule has 1 aromatic heterocycles. The summed E-state index contributed by atoms with van der Waals surface area (Å²) < 4.78 is 1.97. The van der Waals surface area contributed by atoms with Crippen molar-refractivity contribution in [1.82, 2.24) is 9.78 Å². The van der Waals surface area contributed by atoms with Crippen LogP contribution in [0.15, 0.2) is 54.9 Å². The number of aryl methyl sites for hydroxylation is 2. The van der Waals surface area contributed by atoms with E-state index in [1.807, 2.05) is 23.1 Å². The second-order valence-electron chi connectivity index (χ2n) is 10.2. The predicted octanol–water partition coefficient (Wildman–Crippen LogP) is 6.27. The van der Waals surface area contributed by atoms with Crippen molar-refractivity contribution < 1.29 is 4.79 Å². The molecule has 3 aliphatic carbocycles. The number of benzene rings is 2. The van der Waals surface area contributed by atoms with Crippen LogP contribution in [0.1, 0.15) is 61.6 Å². The van der Waals surface area contributed by atoms with Crippen LogP contribution < -0.4 is 0 Å². The SMILES string of the molecule is Cc1ccc(-c2ccc3c(c2)CC[C@@H]2[C@@H]3CC[C@]3(C)C(=O)CC[C@@H]23)c(-n2cccn2)c1. The monoisotopic (exact) mass is 410 g/mol. The molecule has 2 fully saturated rings. The van der Waals surface area contributed by atoms with Crippen LogP contribution in [0, 0.1) is 24.2 Å². The Labute approximate surface area is 184 Å². The van der Waals surface area contributed by atoms with Crippen molar-refractivity contribution in [2.24, 2.45) is 17.3 Å². The summed E-state index contributed by atoms with van der Waals surface area (Å²) in [6.45, 7) is 4.39. The molecule has 0 saturated heterocycles. The maximum absolute atomic E-state index is 12.6. The molecule has 0 radical (unpaired) electrons. The molecule has 3 aliphatic rings. The van der Waals surface area contributed by atoms with Crippen LogP contribution in [0.4, 0.5) is 0 Å². The first kappa shape index (κ1) is 19.0. The molecule has 3 aromatic rings. The Bertz CT molecular complexity index is 1160. The zero-order valence-corrected chi connectivity index (χ0v) is 18.5. The highest BCUT2D eigenvalue weighted by Gasteiger charge is 2.54. The van der Waals surface area contributed by atoms with E-state index in [9.17, 15) is 4.79 Å². The van der Waals surface area contributed by atoms with Gasteiger partial charge in [0.2, 0.25) is 0 Å². The predicted molar refractivity (Wildman–Crippen MR) is 123 cm³/mol. The van der Waals surface area contributed by atoms with Crippen molar-refractivity contribution in [2.45, 2.75) is 58.3 Å². The van der Waals surface area contributed by atoms with Crippen molar-refractivity contribution in [1.29, 1.82) is 0 Å². The van der Waals surface area contributed by atoms with Crippen molar-refractivity contribution in [2.75, 3.05) is 0 Å². The first-order valence-corrected chi connectivity index (χ1v) is 11.8. The minimum Gasteiger partial charge on any atom is -0.299 e. The molecule has 0 N–H and O–H groups in total. The zero-order valence-electron chi connectivity index (χ0n) is 18.5. The van der Waals surface area contributed by atoms with Gasteiger partial charge >= 0.3 is 0 Å². The summed E-state index contributed by atoms with van der Waals surface area (Å²) >= 11 is 0. The molecule has 2 saturated carbocycles. The second-order valence-corrected chi connectivity index (χ2v) is 10.2. The van der Waals surface area contributed by atoms with Gasteiger partial charge in [-0.25, -0.2) is 4.68 Å². The first-order valence-electron chi connectivity index (χ1n) is 11.8. The van der Waals surface area contributed by atoms with Gasteiger partial charge in [-0.15, -0.1) is 0 Å². The van der Waals surface area contributed by atoms with Crippen molar-refractivity contribution in [3.63, 3.8) is 0 Å². The molecule has 0 aliphatic heterocycles. The molecule has 31 heavy (non-hydrogen) atoms. The van der Waals surface area contributed by atoms with Gasteiger partial charge in [-0.05, 0) is 91.2 Å². The molecule has 2 aromatic carbocycles. The molecule has 0 bridgehead atoms. The summed E-state index contributed by atoms with van der Waals surface area (Å²) in [7, 11) is 0. The lowest BCUT2D eigenvalue weighted by molar-refractivity contribution is -0.129. The molecule has 0 unspecified atom stereocenters. The molecule has 0 amide bonds. The molecule has 1 heterocycles. The third kappa shape index (κ3) is 2.86. The Morgan fingerprint density at radius 3 is 2.81 bits per heavy atom. The van der Waals surface area contributed by atoms with Gasteiger partial charge in [0, 0.05) is 29.8 Å². The summed E-state index contributed by atoms with van der Waals surface area (Å²) in [6.07, 6.45) is 10.4. The number of fused-ring (bicyclic) bond motifs is 5. The number of rotatable bonds is 2. The van der Waals surface area contributed by atoms with Gasteiger partial charge in [-0.2, -0.15) is 5.10 Å². The lowest BCUT2D eigenvalue weighted by Crippen LogP contribution is -2.42. The van der Waals surface area contributed by atoms with E-state index in [-0.39, 0.29) is 5.41 Å². The third-order valence-electron chi connectivity index (χ3n) is 8.65. The fourth-order valence-electron chi connectivity index (χ4n) is 7.01. The molecule has 3 heteroatoms. The van der Waals surface area contributed by atoms with Crippen LogP contribution in [-0.4, -0.2) is 15.6 Å². The lowest BCUT2D eigenvalue weighted by Gasteiger charge is -2.48. The second kappa shape index (κ2) is 6.91. The highest BCUT2D eigenvalue weighted by Crippen LogP contribution is 2.59. The summed E-state index contributed by atoms with van der Waals surface area (Å²) in [5, 5.41) is 4.49. The number of hydrogen-bond acceptors (Lipinski definition) is 2. The van der Waals surface area contributed by atoms with Gasteiger partial charge in [0.05, 0.1) is 5.69 Å². The van der Waals surface area contributed by atoms with Crippen LogP contribution in [0.5, 0.6) is 0 Å². The molecule has 158 valence electrons. The normalized spacial score (nSPS) is 29.4. The number of aromatic nitrogens is 2.